The Labute approximate surface area is 152 Å². The zero-order chi connectivity index (χ0) is 19.1. The van der Waals surface area contributed by atoms with E-state index in [4.69, 9.17) is 4.74 Å². The Morgan fingerprint density at radius 1 is 1.26 bits per heavy atom. The first-order valence-corrected chi connectivity index (χ1v) is 8.57. The highest BCUT2D eigenvalue weighted by atomic mass is 16.6. The molecule has 4 atom stereocenters. The number of hydrogen-bond donors (Lipinski definition) is 4. The first kappa shape index (κ1) is 17.9. The van der Waals surface area contributed by atoms with Crippen molar-refractivity contribution in [1.29, 1.82) is 0 Å². The van der Waals surface area contributed by atoms with E-state index in [0.29, 0.717) is 32.1 Å². The third-order valence-electron chi connectivity index (χ3n) is 4.98. The Balaban J connectivity index is 1.80. The molecule has 0 aromatic carbocycles. The molecule has 4 rings (SSSR count). The molecule has 4 N–H and O–H groups in total. The molecule has 0 aliphatic carbocycles. The van der Waals surface area contributed by atoms with Gasteiger partial charge < -0.3 is 34.8 Å². The number of aliphatic hydroxyl groups is 3. The molecule has 12 nitrogen and oxygen atoms in total. The quantitative estimate of drug-likeness (QED) is 0.406. The number of nitrogens with one attached hydrogen (secondary N) is 1. The maximum Gasteiger partial charge on any atom is 0.278 e. The molecule has 0 unspecified atom stereocenters. The van der Waals surface area contributed by atoms with Crippen LogP contribution in [-0.2, 0) is 9.53 Å². The van der Waals surface area contributed by atoms with Gasteiger partial charge in [-0.15, -0.1) is 0 Å². The summed E-state index contributed by atoms with van der Waals surface area (Å²) in [5.41, 5.74) is -0.178. The zero-order valence-corrected chi connectivity index (χ0v) is 14.3. The molecule has 0 bridgehead atoms. The van der Waals surface area contributed by atoms with Crippen molar-refractivity contribution in [3.63, 3.8) is 0 Å². The lowest BCUT2D eigenvalue weighted by molar-refractivity contribution is -0.118. The number of piperazine rings is 1. The lowest BCUT2D eigenvalue weighted by Gasteiger charge is -2.34. The van der Waals surface area contributed by atoms with E-state index in [9.17, 15) is 24.9 Å². The maximum absolute atomic E-state index is 12.2. The standard InChI is InChI=1S/C15H20N6O6/c22-5-8-10(24)11(25)14(27-8)21-12-9(13(26)17-6-16-12)18-15(21)20-3-1-19(7-23)2-4-20/h6-8,10-11,14,22,24-25H,1-5H2,(H,16,17,26)/t8-,10+,11+,14-/m1/s1. The number of carbonyl (C=O) groups excluding carboxylic acids is 1. The van der Waals surface area contributed by atoms with Crippen LogP contribution in [0.1, 0.15) is 6.23 Å². The van der Waals surface area contributed by atoms with Crippen molar-refractivity contribution in [3.05, 3.63) is 16.7 Å². The van der Waals surface area contributed by atoms with Crippen LogP contribution in [0.2, 0.25) is 0 Å². The number of aromatic amines is 1. The van der Waals surface area contributed by atoms with Gasteiger partial charge in [-0.3, -0.25) is 14.2 Å². The predicted octanol–water partition coefficient (Wildman–Crippen LogP) is -2.99. The third-order valence-corrected chi connectivity index (χ3v) is 4.98. The number of anilines is 1. The average molecular weight is 380 g/mol. The molecule has 0 spiro atoms. The van der Waals surface area contributed by atoms with E-state index in [-0.39, 0.29) is 11.2 Å². The lowest BCUT2D eigenvalue weighted by atomic mass is 10.1. The normalized spacial score (nSPS) is 28.9. The van der Waals surface area contributed by atoms with E-state index in [2.05, 4.69) is 15.0 Å². The van der Waals surface area contributed by atoms with E-state index in [1.54, 1.807) is 4.90 Å². The summed E-state index contributed by atoms with van der Waals surface area (Å²) < 4.78 is 7.09. The summed E-state index contributed by atoms with van der Waals surface area (Å²) in [4.78, 5) is 37.6. The second-order valence-electron chi connectivity index (χ2n) is 6.54. The van der Waals surface area contributed by atoms with Crippen LogP contribution in [0, 0.1) is 0 Å². The van der Waals surface area contributed by atoms with Gasteiger partial charge in [0.05, 0.1) is 12.9 Å². The Bertz CT molecular complexity index is 891. The van der Waals surface area contributed by atoms with Gasteiger partial charge in [0.25, 0.3) is 5.56 Å². The van der Waals surface area contributed by atoms with E-state index >= 15 is 0 Å². The Hall–Kier alpha value is -2.54. The van der Waals surface area contributed by atoms with Gasteiger partial charge in [-0.25, -0.2) is 9.97 Å². The molecule has 2 saturated heterocycles. The monoisotopic (exact) mass is 380 g/mol. The first-order chi connectivity index (χ1) is 13.0. The van der Waals surface area contributed by atoms with Crippen molar-refractivity contribution in [2.75, 3.05) is 37.7 Å². The lowest BCUT2D eigenvalue weighted by Crippen LogP contribution is -2.47. The molecule has 2 aromatic rings. The van der Waals surface area contributed by atoms with Gasteiger partial charge in [-0.1, -0.05) is 0 Å². The molecular weight excluding hydrogens is 360 g/mol. The summed E-state index contributed by atoms with van der Waals surface area (Å²) in [6.45, 7) is 1.42. The van der Waals surface area contributed by atoms with Gasteiger partial charge in [-0.2, -0.15) is 0 Å². The molecule has 0 saturated carbocycles. The number of imidazole rings is 1. The van der Waals surface area contributed by atoms with Crippen LogP contribution in [0.5, 0.6) is 0 Å². The molecule has 2 aromatic heterocycles. The largest absolute Gasteiger partial charge is 0.394 e. The topological polar surface area (TPSA) is 157 Å². The zero-order valence-electron chi connectivity index (χ0n) is 14.3. The highest BCUT2D eigenvalue weighted by molar-refractivity contribution is 5.74. The van der Waals surface area contributed by atoms with Gasteiger partial charge in [0, 0.05) is 26.2 Å². The summed E-state index contributed by atoms with van der Waals surface area (Å²) in [5, 5.41) is 29.9. The number of ether oxygens (including phenoxy) is 1. The number of carbonyl (C=O) groups is 1. The number of hydrogen-bond acceptors (Lipinski definition) is 9. The molecule has 2 fully saturated rings. The number of rotatable bonds is 4. The highest BCUT2D eigenvalue weighted by Gasteiger charge is 2.45. The molecule has 2 aliphatic rings. The predicted molar refractivity (Wildman–Crippen MR) is 91.0 cm³/mol. The van der Waals surface area contributed by atoms with Crippen LogP contribution >= 0.6 is 0 Å². The molecule has 4 heterocycles. The molecule has 12 heteroatoms. The fraction of sp³-hybridized carbons (Fsp3) is 0.600. The van der Waals surface area contributed by atoms with Crippen LogP contribution < -0.4 is 10.5 Å². The van der Waals surface area contributed by atoms with Crippen molar-refractivity contribution in [2.24, 2.45) is 0 Å². The van der Waals surface area contributed by atoms with Crippen molar-refractivity contribution in [3.8, 4) is 0 Å². The summed E-state index contributed by atoms with van der Waals surface area (Å²) in [7, 11) is 0. The van der Waals surface area contributed by atoms with E-state index in [1.807, 2.05) is 4.90 Å². The van der Waals surface area contributed by atoms with E-state index in [1.165, 1.54) is 10.9 Å². The SMILES string of the molecule is O=CN1CCN(c2nc3c(=O)[nH]cnc3n2[C@@H]2O[C@H](CO)[C@H](O)[C@@H]2O)CC1. The average Bonchev–Trinajstić information content (AvgIpc) is 3.21. The van der Waals surface area contributed by atoms with Crippen LogP contribution in [0.25, 0.3) is 11.2 Å². The number of H-pyrrole nitrogens is 1. The molecule has 0 radical (unpaired) electrons. The summed E-state index contributed by atoms with van der Waals surface area (Å²) in [5.74, 6) is 0.342. The van der Waals surface area contributed by atoms with Crippen LogP contribution in [0.3, 0.4) is 0 Å². The number of amides is 1. The number of nitrogens with zero attached hydrogens (tertiary/aromatic N) is 5. The third kappa shape index (κ3) is 2.86. The van der Waals surface area contributed by atoms with Gasteiger partial charge in [0.1, 0.15) is 18.3 Å². The number of aliphatic hydroxyl groups excluding tert-OH is 3. The molecule has 146 valence electrons. The van der Waals surface area contributed by atoms with Crippen molar-refractivity contribution in [1.82, 2.24) is 24.4 Å². The highest BCUT2D eigenvalue weighted by Crippen LogP contribution is 2.35. The molecular formula is C15H20N6O6. The fourth-order valence-corrected chi connectivity index (χ4v) is 3.49. The van der Waals surface area contributed by atoms with Gasteiger partial charge in [0.2, 0.25) is 12.4 Å². The van der Waals surface area contributed by atoms with Crippen LogP contribution in [0.15, 0.2) is 11.1 Å². The molecule has 27 heavy (non-hydrogen) atoms. The Morgan fingerprint density at radius 3 is 2.63 bits per heavy atom. The van der Waals surface area contributed by atoms with E-state index in [0.717, 1.165) is 6.41 Å². The minimum Gasteiger partial charge on any atom is -0.394 e. The molecule has 1 amide bonds. The van der Waals surface area contributed by atoms with Crippen LogP contribution in [0.4, 0.5) is 5.95 Å². The minimum absolute atomic E-state index is 0.0723. The van der Waals surface area contributed by atoms with E-state index < -0.39 is 36.7 Å². The maximum atomic E-state index is 12.2. The molecule has 2 aliphatic heterocycles. The van der Waals surface area contributed by atoms with Crippen molar-refractivity contribution < 1.29 is 24.9 Å². The smallest absolute Gasteiger partial charge is 0.278 e. The summed E-state index contributed by atoms with van der Waals surface area (Å²) in [6.07, 6.45) is -2.67. The Kier molecular flexibility index (Phi) is 4.55. The van der Waals surface area contributed by atoms with Crippen LogP contribution in [-0.4, -0.2) is 97.2 Å². The fourth-order valence-electron chi connectivity index (χ4n) is 3.49. The number of aromatic nitrogens is 4. The van der Waals surface area contributed by atoms with Crippen molar-refractivity contribution in [2.45, 2.75) is 24.5 Å². The second-order valence-corrected chi connectivity index (χ2v) is 6.54. The summed E-state index contributed by atoms with van der Waals surface area (Å²) in [6, 6.07) is 0. The van der Waals surface area contributed by atoms with Gasteiger partial charge >= 0.3 is 0 Å². The van der Waals surface area contributed by atoms with Crippen molar-refractivity contribution >= 4 is 23.5 Å². The first-order valence-electron chi connectivity index (χ1n) is 8.57. The summed E-state index contributed by atoms with van der Waals surface area (Å²) >= 11 is 0. The van der Waals surface area contributed by atoms with Gasteiger partial charge in [0.15, 0.2) is 17.4 Å². The Morgan fingerprint density at radius 2 is 2.00 bits per heavy atom. The number of fused-ring (bicyclic) bond motifs is 1. The van der Waals surface area contributed by atoms with Gasteiger partial charge in [-0.05, 0) is 0 Å². The minimum atomic E-state index is -1.34. The second kappa shape index (κ2) is 6.88.